The molecule has 0 aromatic heterocycles. The lowest BCUT2D eigenvalue weighted by Gasteiger charge is -2.15. The largest absolute Gasteiger partial charge is 0.490 e. The molecule has 1 amide bonds. The van der Waals surface area contributed by atoms with Gasteiger partial charge in [0.25, 0.3) is 5.91 Å². The van der Waals surface area contributed by atoms with Gasteiger partial charge in [-0.2, -0.15) is 5.26 Å². The van der Waals surface area contributed by atoms with E-state index in [0.717, 1.165) is 16.3 Å². The zero-order chi connectivity index (χ0) is 27.1. The lowest BCUT2D eigenvalue weighted by Crippen LogP contribution is -2.14. The van der Waals surface area contributed by atoms with Crippen LogP contribution in [0.1, 0.15) is 28.4 Å². The molecule has 0 bridgehead atoms. The molecular weight excluding hydrogens is 504 g/mol. The summed E-state index contributed by atoms with van der Waals surface area (Å²) in [7, 11) is 0. The number of nitrogens with zero attached hydrogens (tertiary/aromatic N) is 1. The molecule has 38 heavy (non-hydrogen) atoms. The minimum atomic E-state index is -1.13. The van der Waals surface area contributed by atoms with Crippen molar-refractivity contribution in [3.8, 4) is 17.6 Å². The highest BCUT2D eigenvalue weighted by Crippen LogP contribution is 2.38. The molecule has 8 heteroatoms. The van der Waals surface area contributed by atoms with Crippen molar-refractivity contribution in [1.29, 1.82) is 5.26 Å². The quantitative estimate of drug-likeness (QED) is 0.185. The molecule has 0 aliphatic heterocycles. The van der Waals surface area contributed by atoms with Crippen LogP contribution in [-0.4, -0.2) is 23.6 Å². The van der Waals surface area contributed by atoms with Gasteiger partial charge in [-0.15, -0.1) is 0 Å². The molecule has 0 saturated heterocycles. The highest BCUT2D eigenvalue weighted by molar-refractivity contribution is 6.32. The van der Waals surface area contributed by atoms with Gasteiger partial charge in [0.05, 0.1) is 17.2 Å². The van der Waals surface area contributed by atoms with Crippen LogP contribution in [0.5, 0.6) is 11.5 Å². The molecule has 0 aliphatic rings. The first-order valence-corrected chi connectivity index (χ1v) is 12.1. The number of carboxylic acids is 1. The number of anilines is 1. The third-order valence-corrected chi connectivity index (χ3v) is 5.85. The van der Waals surface area contributed by atoms with Crippen LogP contribution < -0.4 is 14.8 Å². The summed E-state index contributed by atoms with van der Waals surface area (Å²) in [5, 5.41) is 23.8. The minimum absolute atomic E-state index is 0.0118. The number of benzene rings is 4. The molecule has 2 N–H and O–H groups in total. The van der Waals surface area contributed by atoms with Gasteiger partial charge >= 0.3 is 5.97 Å². The Morgan fingerprint density at radius 3 is 2.53 bits per heavy atom. The van der Waals surface area contributed by atoms with E-state index in [1.165, 1.54) is 30.3 Å². The number of hydrogen-bond donors (Lipinski definition) is 2. The second-order valence-electron chi connectivity index (χ2n) is 8.24. The molecule has 0 atom stereocenters. The van der Waals surface area contributed by atoms with Gasteiger partial charge in [-0.1, -0.05) is 54.1 Å². The number of ether oxygens (including phenoxy) is 2. The fourth-order valence-electron chi connectivity index (χ4n) is 3.80. The standard InChI is InChI=1S/C30H23ClN2O5/c1-2-37-27-15-20(13-24(17-32)29(34)33-25-9-5-8-23(16-25)30(35)36)14-26(31)28(27)38-18-19-10-11-21-6-3-4-7-22(21)12-19/h3-16H,2,18H2,1H3,(H,33,34)(H,35,36)/b24-13-. The maximum atomic E-state index is 12.7. The number of carbonyl (C=O) groups is 2. The maximum Gasteiger partial charge on any atom is 0.335 e. The fourth-order valence-corrected chi connectivity index (χ4v) is 4.08. The van der Waals surface area contributed by atoms with Gasteiger partial charge in [-0.25, -0.2) is 4.79 Å². The molecule has 4 aromatic carbocycles. The molecular formula is C30H23ClN2O5. The summed E-state index contributed by atoms with van der Waals surface area (Å²) in [5.74, 6) is -1.09. The number of halogens is 1. The number of nitriles is 1. The van der Waals surface area contributed by atoms with Crippen LogP contribution in [0, 0.1) is 11.3 Å². The third kappa shape index (κ3) is 6.30. The van der Waals surface area contributed by atoms with Gasteiger partial charge in [0.2, 0.25) is 0 Å². The van der Waals surface area contributed by atoms with E-state index in [2.05, 4.69) is 5.32 Å². The number of fused-ring (bicyclic) bond motifs is 1. The minimum Gasteiger partial charge on any atom is -0.490 e. The van der Waals surface area contributed by atoms with Gasteiger partial charge in [0.1, 0.15) is 18.2 Å². The average molecular weight is 527 g/mol. The summed E-state index contributed by atoms with van der Waals surface area (Å²) in [6, 6.07) is 24.9. The summed E-state index contributed by atoms with van der Waals surface area (Å²) in [6.07, 6.45) is 1.37. The zero-order valence-electron chi connectivity index (χ0n) is 20.4. The predicted molar refractivity (Wildman–Crippen MR) is 147 cm³/mol. The first kappa shape index (κ1) is 26.3. The Bertz CT molecular complexity index is 1590. The van der Waals surface area contributed by atoms with E-state index in [1.54, 1.807) is 12.1 Å². The van der Waals surface area contributed by atoms with E-state index in [9.17, 15) is 14.9 Å². The Balaban J connectivity index is 1.56. The van der Waals surface area contributed by atoms with Gasteiger partial charge in [-0.3, -0.25) is 4.79 Å². The number of rotatable bonds is 9. The van der Waals surface area contributed by atoms with Crippen LogP contribution in [0.2, 0.25) is 5.02 Å². The molecule has 4 rings (SSSR count). The van der Waals surface area contributed by atoms with Crippen LogP contribution >= 0.6 is 11.6 Å². The van der Waals surface area contributed by atoms with E-state index < -0.39 is 11.9 Å². The Labute approximate surface area is 224 Å². The SMILES string of the molecule is CCOc1cc(/C=C(/C#N)C(=O)Nc2cccc(C(=O)O)c2)cc(Cl)c1OCc1ccc2ccccc2c1. The fraction of sp³-hybridized carbons (Fsp3) is 0.100. The molecule has 4 aromatic rings. The highest BCUT2D eigenvalue weighted by Gasteiger charge is 2.16. The number of amides is 1. The first-order valence-electron chi connectivity index (χ1n) is 11.7. The molecule has 0 heterocycles. The zero-order valence-corrected chi connectivity index (χ0v) is 21.2. The number of carboxylic acid groups (broad SMARTS) is 1. The van der Waals surface area contributed by atoms with Crippen molar-refractivity contribution < 1.29 is 24.2 Å². The summed E-state index contributed by atoms with van der Waals surface area (Å²) >= 11 is 6.54. The van der Waals surface area contributed by atoms with E-state index >= 15 is 0 Å². The molecule has 7 nitrogen and oxygen atoms in total. The van der Waals surface area contributed by atoms with Gasteiger partial charge in [0, 0.05) is 5.69 Å². The number of nitrogens with one attached hydrogen (secondary N) is 1. The van der Waals surface area contributed by atoms with Crippen LogP contribution in [-0.2, 0) is 11.4 Å². The van der Waals surface area contributed by atoms with Crippen molar-refractivity contribution in [3.05, 3.63) is 106 Å². The smallest absolute Gasteiger partial charge is 0.335 e. The number of hydrogen-bond acceptors (Lipinski definition) is 5. The van der Waals surface area contributed by atoms with Crippen molar-refractivity contribution >= 4 is 46.0 Å². The van der Waals surface area contributed by atoms with Crippen molar-refractivity contribution in [1.82, 2.24) is 0 Å². The molecule has 0 unspecified atom stereocenters. The molecule has 0 aliphatic carbocycles. The maximum absolute atomic E-state index is 12.7. The Kier molecular flexibility index (Phi) is 8.27. The molecule has 0 radical (unpaired) electrons. The van der Waals surface area contributed by atoms with Crippen molar-refractivity contribution in [2.24, 2.45) is 0 Å². The second-order valence-corrected chi connectivity index (χ2v) is 8.65. The molecule has 0 spiro atoms. The molecule has 0 fully saturated rings. The highest BCUT2D eigenvalue weighted by atomic mass is 35.5. The van der Waals surface area contributed by atoms with Crippen LogP contribution in [0.3, 0.4) is 0 Å². The normalized spacial score (nSPS) is 11.0. The number of carbonyl (C=O) groups excluding carboxylic acids is 1. The van der Waals surface area contributed by atoms with E-state index in [-0.39, 0.29) is 28.5 Å². The lowest BCUT2D eigenvalue weighted by molar-refractivity contribution is -0.112. The van der Waals surface area contributed by atoms with Gasteiger partial charge in [0.15, 0.2) is 11.5 Å². The monoisotopic (exact) mass is 526 g/mol. The topological polar surface area (TPSA) is 109 Å². The number of aromatic carboxylic acids is 1. The predicted octanol–water partition coefficient (Wildman–Crippen LogP) is 6.71. The summed E-state index contributed by atoms with van der Waals surface area (Å²) in [4.78, 5) is 23.9. The Morgan fingerprint density at radius 2 is 1.79 bits per heavy atom. The van der Waals surface area contributed by atoms with Crippen LogP contribution in [0.4, 0.5) is 5.69 Å². The van der Waals surface area contributed by atoms with Crippen molar-refractivity contribution in [3.63, 3.8) is 0 Å². The second kappa shape index (κ2) is 12.0. The molecule has 0 saturated carbocycles. The van der Waals surface area contributed by atoms with E-state index in [1.807, 2.05) is 55.5 Å². The van der Waals surface area contributed by atoms with E-state index in [4.69, 9.17) is 26.2 Å². The van der Waals surface area contributed by atoms with Crippen molar-refractivity contribution in [2.75, 3.05) is 11.9 Å². The van der Waals surface area contributed by atoms with Crippen LogP contribution in [0.15, 0.2) is 84.4 Å². The summed E-state index contributed by atoms with van der Waals surface area (Å²) in [6.45, 7) is 2.44. The Hall–Kier alpha value is -4.80. The average Bonchev–Trinajstić information content (AvgIpc) is 2.91. The lowest BCUT2D eigenvalue weighted by atomic mass is 10.1. The van der Waals surface area contributed by atoms with Crippen LogP contribution in [0.25, 0.3) is 16.8 Å². The molecule has 190 valence electrons. The van der Waals surface area contributed by atoms with Crippen molar-refractivity contribution in [2.45, 2.75) is 13.5 Å². The van der Waals surface area contributed by atoms with E-state index in [0.29, 0.717) is 23.7 Å². The summed E-state index contributed by atoms with van der Waals surface area (Å²) in [5.41, 5.74) is 1.48. The summed E-state index contributed by atoms with van der Waals surface area (Å²) < 4.78 is 11.8. The third-order valence-electron chi connectivity index (χ3n) is 5.57. The van der Waals surface area contributed by atoms with Gasteiger partial charge < -0.3 is 19.9 Å². The first-order chi connectivity index (χ1) is 18.4. The Morgan fingerprint density at radius 1 is 1.00 bits per heavy atom. The van der Waals surface area contributed by atoms with Gasteiger partial charge in [-0.05, 0) is 71.3 Å².